The van der Waals surface area contributed by atoms with Crippen molar-refractivity contribution in [3.8, 4) is 16.8 Å². The van der Waals surface area contributed by atoms with Gasteiger partial charge >= 0.3 is 0 Å². The van der Waals surface area contributed by atoms with Gasteiger partial charge in [0.1, 0.15) is 0 Å². The van der Waals surface area contributed by atoms with Crippen molar-refractivity contribution in [2.75, 3.05) is 4.90 Å². The predicted molar refractivity (Wildman–Crippen MR) is 194 cm³/mol. The lowest BCUT2D eigenvalue weighted by Crippen LogP contribution is -2.13. The molecule has 0 N–H and O–H groups in total. The Balaban J connectivity index is 1.46. The van der Waals surface area contributed by atoms with Crippen LogP contribution >= 0.6 is 11.3 Å². The summed E-state index contributed by atoms with van der Waals surface area (Å²) in [6.07, 6.45) is 0. The second-order valence-electron chi connectivity index (χ2n) is 11.4. The zero-order valence-electron chi connectivity index (χ0n) is 24.5. The van der Waals surface area contributed by atoms with Crippen LogP contribution in [-0.2, 0) is 0 Å². The second kappa shape index (κ2) is 10.5. The van der Waals surface area contributed by atoms with Crippen LogP contribution in [0, 0.1) is 0 Å². The Morgan fingerprint density at radius 2 is 1.09 bits per heavy atom. The maximum Gasteiger partial charge on any atom is 0.0788 e. The number of anilines is 3. The van der Waals surface area contributed by atoms with E-state index in [1.54, 1.807) is 0 Å². The molecule has 0 bridgehead atoms. The summed E-state index contributed by atoms with van der Waals surface area (Å²) in [4.78, 5) is 2.47. The first-order chi connectivity index (χ1) is 22.3. The molecule has 0 aliphatic carbocycles. The van der Waals surface area contributed by atoms with Crippen molar-refractivity contribution in [1.82, 2.24) is 4.57 Å². The van der Waals surface area contributed by atoms with Crippen LogP contribution in [-0.4, -0.2) is 4.57 Å². The summed E-state index contributed by atoms with van der Waals surface area (Å²) in [6.45, 7) is 0. The average Bonchev–Trinajstić information content (AvgIpc) is 3.65. The van der Waals surface area contributed by atoms with Crippen LogP contribution in [0.4, 0.5) is 17.1 Å². The highest BCUT2D eigenvalue weighted by atomic mass is 32.1. The van der Waals surface area contributed by atoms with Crippen molar-refractivity contribution in [3.05, 3.63) is 170 Å². The third kappa shape index (κ3) is 4.16. The molecule has 0 saturated carbocycles. The molecule has 7 aromatic carbocycles. The van der Waals surface area contributed by atoms with Crippen molar-refractivity contribution in [2.45, 2.75) is 0 Å². The van der Waals surface area contributed by atoms with Gasteiger partial charge in [-0.05, 0) is 60.2 Å². The number of fused-ring (bicyclic) bond motifs is 6. The van der Waals surface area contributed by atoms with E-state index in [0.717, 1.165) is 22.7 Å². The number of thiophene rings is 1. The molecule has 0 aliphatic rings. The molecule has 0 unspecified atom stereocenters. The van der Waals surface area contributed by atoms with E-state index in [1.807, 2.05) is 11.3 Å². The van der Waals surface area contributed by atoms with E-state index in [-0.39, 0.29) is 0 Å². The number of para-hydroxylation sites is 3. The minimum atomic E-state index is 1.12. The number of hydrogen-bond donors (Lipinski definition) is 0. The normalized spacial score (nSPS) is 11.6. The fourth-order valence-electron chi connectivity index (χ4n) is 6.80. The lowest BCUT2D eigenvalue weighted by molar-refractivity contribution is 1.17. The highest BCUT2D eigenvalue weighted by Gasteiger charge is 2.25. The van der Waals surface area contributed by atoms with Crippen LogP contribution in [0.5, 0.6) is 0 Å². The number of rotatable bonds is 5. The molecule has 0 aliphatic heterocycles. The Kier molecular flexibility index (Phi) is 6.03. The van der Waals surface area contributed by atoms with Gasteiger partial charge in [-0.15, -0.1) is 11.3 Å². The molecule has 2 nitrogen and oxygen atoms in total. The quantitative estimate of drug-likeness (QED) is 0.193. The topological polar surface area (TPSA) is 8.17 Å². The summed E-state index contributed by atoms with van der Waals surface area (Å²) in [5.74, 6) is 0. The molecular formula is C42H28N2S. The number of nitrogens with zero attached hydrogens (tertiary/aromatic N) is 2. The fraction of sp³-hybridized carbons (Fsp3) is 0. The summed E-state index contributed by atoms with van der Waals surface area (Å²) in [5, 5.41) is 5.05. The van der Waals surface area contributed by atoms with Gasteiger partial charge in [0, 0.05) is 53.6 Å². The molecule has 3 heteroatoms. The molecular weight excluding hydrogens is 565 g/mol. The van der Waals surface area contributed by atoms with Gasteiger partial charge in [-0.25, -0.2) is 0 Å². The highest BCUT2D eigenvalue weighted by Crippen LogP contribution is 2.49. The molecule has 0 saturated heterocycles. The monoisotopic (exact) mass is 592 g/mol. The Hall–Kier alpha value is -5.64. The van der Waals surface area contributed by atoms with Gasteiger partial charge in [0.25, 0.3) is 0 Å². The lowest BCUT2D eigenvalue weighted by Gasteiger charge is -2.29. The largest absolute Gasteiger partial charge is 0.308 e. The van der Waals surface area contributed by atoms with Crippen LogP contribution in [0.3, 0.4) is 0 Å². The van der Waals surface area contributed by atoms with Crippen molar-refractivity contribution in [2.24, 2.45) is 0 Å². The Morgan fingerprint density at radius 1 is 0.444 bits per heavy atom. The molecule has 9 aromatic rings. The number of benzene rings is 7. The number of aromatic nitrogens is 1. The molecule has 0 atom stereocenters. The van der Waals surface area contributed by atoms with E-state index in [1.165, 1.54) is 53.1 Å². The zero-order chi connectivity index (χ0) is 29.7. The summed E-state index contributed by atoms with van der Waals surface area (Å²) in [6, 6.07) is 61.4. The van der Waals surface area contributed by atoms with E-state index in [0.29, 0.717) is 0 Å². The fourth-order valence-corrected chi connectivity index (χ4v) is 7.89. The van der Waals surface area contributed by atoms with Gasteiger partial charge in [-0.1, -0.05) is 115 Å². The minimum absolute atomic E-state index is 1.12. The van der Waals surface area contributed by atoms with Crippen LogP contribution in [0.15, 0.2) is 170 Å². The van der Waals surface area contributed by atoms with E-state index >= 15 is 0 Å². The molecule has 0 spiro atoms. The van der Waals surface area contributed by atoms with Crippen molar-refractivity contribution >= 4 is 70.4 Å². The van der Waals surface area contributed by atoms with Crippen molar-refractivity contribution < 1.29 is 0 Å². The standard InChI is InChI=1S/C42H28N2S/c1-4-14-29(15-5-1)33-25-26-36-34-20-10-12-22-38(34)44(31-18-8-3-9-19-31)42(36)41(33)43(30-16-6-2-7-17-30)32-24-27-40-37(28-32)35-21-11-13-23-39(35)45-40/h1-28H. The van der Waals surface area contributed by atoms with E-state index < -0.39 is 0 Å². The first kappa shape index (κ1) is 25.8. The molecule has 45 heavy (non-hydrogen) atoms. The Morgan fingerprint density at radius 3 is 1.89 bits per heavy atom. The van der Waals surface area contributed by atoms with Gasteiger partial charge in [0.05, 0.1) is 16.7 Å². The van der Waals surface area contributed by atoms with E-state index in [9.17, 15) is 0 Å². The summed E-state index contributed by atoms with van der Waals surface area (Å²) >= 11 is 1.86. The summed E-state index contributed by atoms with van der Waals surface area (Å²) in [7, 11) is 0. The maximum atomic E-state index is 2.47. The maximum absolute atomic E-state index is 2.47. The first-order valence-electron chi connectivity index (χ1n) is 15.3. The van der Waals surface area contributed by atoms with Crippen LogP contribution in [0.25, 0.3) is 58.8 Å². The van der Waals surface area contributed by atoms with Gasteiger partial charge in [0.15, 0.2) is 0 Å². The van der Waals surface area contributed by atoms with Crippen LogP contribution in [0.2, 0.25) is 0 Å². The molecule has 212 valence electrons. The van der Waals surface area contributed by atoms with Gasteiger partial charge in [0.2, 0.25) is 0 Å². The van der Waals surface area contributed by atoms with E-state index in [4.69, 9.17) is 0 Å². The Labute approximate surface area is 265 Å². The SMILES string of the molecule is c1ccc(-c2ccc3c4ccccc4n(-c4ccccc4)c3c2N(c2ccccc2)c2ccc3sc4ccccc4c3c2)cc1. The molecule has 0 radical (unpaired) electrons. The molecule has 2 heterocycles. The first-order valence-corrected chi connectivity index (χ1v) is 16.1. The molecule has 9 rings (SSSR count). The van der Waals surface area contributed by atoms with Crippen molar-refractivity contribution in [3.63, 3.8) is 0 Å². The summed E-state index contributed by atoms with van der Waals surface area (Å²) < 4.78 is 5.06. The van der Waals surface area contributed by atoms with Gasteiger partial charge in [-0.2, -0.15) is 0 Å². The minimum Gasteiger partial charge on any atom is -0.308 e. The highest BCUT2D eigenvalue weighted by molar-refractivity contribution is 7.25. The lowest BCUT2D eigenvalue weighted by atomic mass is 9.98. The number of hydrogen-bond acceptors (Lipinski definition) is 2. The second-order valence-corrected chi connectivity index (χ2v) is 12.4. The zero-order valence-corrected chi connectivity index (χ0v) is 25.3. The van der Waals surface area contributed by atoms with E-state index in [2.05, 4.69) is 179 Å². The third-order valence-corrected chi connectivity index (χ3v) is 9.92. The average molecular weight is 593 g/mol. The van der Waals surface area contributed by atoms with Crippen molar-refractivity contribution in [1.29, 1.82) is 0 Å². The smallest absolute Gasteiger partial charge is 0.0788 e. The summed E-state index contributed by atoms with van der Waals surface area (Å²) in [5.41, 5.74) is 9.29. The van der Waals surface area contributed by atoms with Crippen LogP contribution in [0.1, 0.15) is 0 Å². The molecule has 2 aromatic heterocycles. The third-order valence-electron chi connectivity index (χ3n) is 8.77. The molecule has 0 amide bonds. The van der Waals surface area contributed by atoms with Gasteiger partial charge in [-0.3, -0.25) is 0 Å². The van der Waals surface area contributed by atoms with Gasteiger partial charge < -0.3 is 9.47 Å². The Bertz CT molecular complexity index is 2470. The molecule has 0 fully saturated rings. The van der Waals surface area contributed by atoms with Crippen LogP contribution < -0.4 is 4.90 Å². The predicted octanol–water partition coefficient (Wildman–Crippen LogP) is 12.3.